The molecule has 0 fully saturated rings. The predicted octanol–water partition coefficient (Wildman–Crippen LogP) is 2.30. The molecule has 0 saturated carbocycles. The highest BCUT2D eigenvalue weighted by molar-refractivity contribution is 8.08. The Bertz CT molecular complexity index is 589. The van der Waals surface area contributed by atoms with Crippen molar-refractivity contribution in [3.63, 3.8) is 0 Å². The molecule has 1 aliphatic heterocycles. The van der Waals surface area contributed by atoms with E-state index in [0.29, 0.717) is 23.4 Å². The number of nitro groups is 1. The molecule has 86 valence electrons. The van der Waals surface area contributed by atoms with Crippen LogP contribution in [0.15, 0.2) is 29.0 Å². The molecule has 2 aromatic rings. The number of oxazole rings is 1. The smallest absolute Gasteiger partial charge is 0.266 e. The molecular formula is C10H7N3O3S. The Morgan fingerprint density at radius 2 is 2.47 bits per heavy atom. The molecule has 1 atom stereocenters. The van der Waals surface area contributed by atoms with Crippen molar-refractivity contribution in [3.8, 4) is 0 Å². The second-order valence-electron chi connectivity index (χ2n) is 3.52. The minimum Gasteiger partial charge on any atom is -0.434 e. The fourth-order valence-corrected chi connectivity index (χ4v) is 2.56. The van der Waals surface area contributed by atoms with Crippen LogP contribution in [0.2, 0.25) is 0 Å². The predicted molar refractivity (Wildman–Crippen MR) is 62.8 cm³/mol. The summed E-state index contributed by atoms with van der Waals surface area (Å²) in [5, 5.41) is 10.0. The van der Waals surface area contributed by atoms with Crippen molar-refractivity contribution < 1.29 is 9.34 Å². The molecule has 0 amide bonds. The van der Waals surface area contributed by atoms with Crippen LogP contribution < -0.4 is 0 Å². The van der Waals surface area contributed by atoms with Crippen molar-refractivity contribution in [2.24, 2.45) is 0 Å². The van der Waals surface area contributed by atoms with Crippen LogP contribution in [0, 0.1) is 10.1 Å². The van der Waals surface area contributed by atoms with E-state index < -0.39 is 5.37 Å². The van der Waals surface area contributed by atoms with Gasteiger partial charge in [-0.3, -0.25) is 15.1 Å². The number of aromatic nitrogens is 2. The molecule has 0 saturated heterocycles. The summed E-state index contributed by atoms with van der Waals surface area (Å²) >= 11 is 1.17. The van der Waals surface area contributed by atoms with Crippen molar-refractivity contribution in [1.82, 2.24) is 9.97 Å². The lowest BCUT2D eigenvalue weighted by molar-refractivity contribution is -0.493. The van der Waals surface area contributed by atoms with Crippen molar-refractivity contribution in [2.45, 2.75) is 11.8 Å². The van der Waals surface area contributed by atoms with Gasteiger partial charge in [0, 0.05) is 17.5 Å². The van der Waals surface area contributed by atoms with Crippen molar-refractivity contribution in [2.75, 3.05) is 0 Å². The van der Waals surface area contributed by atoms with Gasteiger partial charge >= 0.3 is 0 Å². The van der Waals surface area contributed by atoms with Gasteiger partial charge in [-0.15, -0.1) is 0 Å². The first-order valence-electron chi connectivity index (χ1n) is 4.95. The van der Waals surface area contributed by atoms with Gasteiger partial charge in [0.15, 0.2) is 5.58 Å². The highest BCUT2D eigenvalue weighted by Gasteiger charge is 2.30. The first kappa shape index (κ1) is 10.3. The third-order valence-corrected chi connectivity index (χ3v) is 3.64. The number of hydrogen-bond donors (Lipinski definition) is 0. The Morgan fingerprint density at radius 3 is 3.18 bits per heavy atom. The van der Waals surface area contributed by atoms with Crippen LogP contribution in [-0.4, -0.2) is 20.3 Å². The van der Waals surface area contributed by atoms with E-state index in [2.05, 4.69) is 9.97 Å². The van der Waals surface area contributed by atoms with E-state index >= 15 is 0 Å². The number of thioether (sulfide) groups is 1. The van der Waals surface area contributed by atoms with E-state index in [4.69, 9.17) is 4.42 Å². The zero-order valence-corrected chi connectivity index (χ0v) is 9.38. The van der Waals surface area contributed by atoms with Crippen LogP contribution >= 0.6 is 11.8 Å². The Morgan fingerprint density at radius 1 is 1.59 bits per heavy atom. The number of hydrogen-bond acceptors (Lipinski definition) is 6. The zero-order chi connectivity index (χ0) is 11.8. The third kappa shape index (κ3) is 1.78. The molecule has 3 rings (SSSR count). The van der Waals surface area contributed by atoms with Gasteiger partial charge in [-0.1, -0.05) is 6.08 Å². The van der Waals surface area contributed by atoms with E-state index in [1.54, 1.807) is 24.5 Å². The van der Waals surface area contributed by atoms with Gasteiger partial charge in [-0.05, 0) is 17.8 Å². The van der Waals surface area contributed by atoms with Crippen LogP contribution in [0.3, 0.4) is 0 Å². The van der Waals surface area contributed by atoms with Gasteiger partial charge in [0.2, 0.25) is 5.89 Å². The molecule has 17 heavy (non-hydrogen) atoms. The lowest BCUT2D eigenvalue weighted by Crippen LogP contribution is -2.10. The maximum atomic E-state index is 10.6. The normalized spacial score (nSPS) is 19.5. The SMILES string of the molecule is O=[N+]([O-])C1CC=C(c2nc3ccncc3o2)S1. The molecule has 2 aromatic heterocycles. The van der Waals surface area contributed by atoms with Crippen LogP contribution in [0.5, 0.6) is 0 Å². The monoisotopic (exact) mass is 249 g/mol. The first-order chi connectivity index (χ1) is 8.24. The fraction of sp³-hybridized carbons (Fsp3) is 0.200. The highest BCUT2D eigenvalue weighted by Crippen LogP contribution is 2.39. The molecule has 3 heterocycles. The summed E-state index contributed by atoms with van der Waals surface area (Å²) in [6, 6.07) is 1.74. The molecule has 0 aliphatic carbocycles. The van der Waals surface area contributed by atoms with E-state index in [0.717, 1.165) is 4.91 Å². The molecule has 0 aromatic carbocycles. The summed E-state index contributed by atoms with van der Waals surface area (Å²) in [5.41, 5.74) is 1.30. The summed E-state index contributed by atoms with van der Waals surface area (Å²) in [7, 11) is 0. The molecule has 0 spiro atoms. The van der Waals surface area contributed by atoms with Gasteiger partial charge < -0.3 is 4.42 Å². The lowest BCUT2D eigenvalue weighted by atomic mass is 10.4. The number of fused-ring (bicyclic) bond motifs is 1. The fourth-order valence-electron chi connectivity index (χ4n) is 1.60. The Kier molecular flexibility index (Phi) is 2.32. The Labute approximate surface area is 99.9 Å². The minimum absolute atomic E-state index is 0.293. The topological polar surface area (TPSA) is 82.1 Å². The van der Waals surface area contributed by atoms with E-state index in [1.807, 2.05) is 0 Å². The summed E-state index contributed by atoms with van der Waals surface area (Å²) in [4.78, 5) is 19.3. The number of rotatable bonds is 2. The summed E-state index contributed by atoms with van der Waals surface area (Å²) < 4.78 is 5.49. The standard InChI is InChI=1S/C10H7N3O3S/c14-13(15)9-2-1-8(17-9)10-12-6-3-4-11-5-7(6)16-10/h1,3-5,9H,2H2. The van der Waals surface area contributed by atoms with Gasteiger partial charge in [0.1, 0.15) is 5.52 Å². The average Bonchev–Trinajstić information content (AvgIpc) is 2.95. The Hall–Kier alpha value is -1.89. The van der Waals surface area contributed by atoms with Gasteiger partial charge in [-0.2, -0.15) is 0 Å². The molecule has 0 radical (unpaired) electrons. The third-order valence-electron chi connectivity index (χ3n) is 2.41. The number of pyridine rings is 1. The van der Waals surface area contributed by atoms with E-state index in [9.17, 15) is 10.1 Å². The summed E-state index contributed by atoms with van der Waals surface area (Å²) in [6.07, 6.45) is 5.40. The van der Waals surface area contributed by atoms with E-state index in [1.165, 1.54) is 11.8 Å². The van der Waals surface area contributed by atoms with Crippen LogP contribution in [0.25, 0.3) is 16.0 Å². The summed E-state index contributed by atoms with van der Waals surface area (Å²) in [5.74, 6) is 0.433. The Balaban J connectivity index is 1.93. The van der Waals surface area contributed by atoms with E-state index in [-0.39, 0.29) is 4.92 Å². The second-order valence-corrected chi connectivity index (χ2v) is 4.74. The average molecular weight is 249 g/mol. The maximum Gasteiger partial charge on any atom is 0.266 e. The largest absolute Gasteiger partial charge is 0.434 e. The van der Waals surface area contributed by atoms with Crippen LogP contribution in [0.1, 0.15) is 12.3 Å². The minimum atomic E-state index is -0.627. The number of nitrogens with zero attached hydrogens (tertiary/aromatic N) is 3. The molecule has 0 bridgehead atoms. The molecule has 1 unspecified atom stereocenters. The molecule has 6 nitrogen and oxygen atoms in total. The highest BCUT2D eigenvalue weighted by atomic mass is 32.2. The first-order valence-corrected chi connectivity index (χ1v) is 5.83. The van der Waals surface area contributed by atoms with Gasteiger partial charge in [-0.25, -0.2) is 4.98 Å². The van der Waals surface area contributed by atoms with Crippen molar-refractivity contribution >= 4 is 27.8 Å². The lowest BCUT2D eigenvalue weighted by Gasteiger charge is -1.98. The maximum absolute atomic E-state index is 10.6. The van der Waals surface area contributed by atoms with Crippen LogP contribution in [0.4, 0.5) is 0 Å². The van der Waals surface area contributed by atoms with Crippen molar-refractivity contribution in [3.05, 3.63) is 40.5 Å². The van der Waals surface area contributed by atoms with Gasteiger partial charge in [0.05, 0.1) is 11.1 Å². The van der Waals surface area contributed by atoms with Crippen molar-refractivity contribution in [1.29, 1.82) is 0 Å². The molecular weight excluding hydrogens is 242 g/mol. The second kappa shape index (κ2) is 3.85. The van der Waals surface area contributed by atoms with Crippen LogP contribution in [-0.2, 0) is 0 Å². The molecule has 1 aliphatic rings. The quantitative estimate of drug-likeness (QED) is 0.600. The molecule has 7 heteroatoms. The summed E-state index contributed by atoms with van der Waals surface area (Å²) in [6.45, 7) is 0. The molecule has 0 N–H and O–H groups in total. The van der Waals surface area contributed by atoms with Gasteiger partial charge in [0.25, 0.3) is 5.37 Å². The zero-order valence-electron chi connectivity index (χ0n) is 8.57.